The lowest BCUT2D eigenvalue weighted by Crippen LogP contribution is -2.11. The van der Waals surface area contributed by atoms with Crippen molar-refractivity contribution < 1.29 is 4.79 Å². The second kappa shape index (κ2) is 8.05. The van der Waals surface area contributed by atoms with Crippen molar-refractivity contribution in [1.82, 2.24) is 4.57 Å². The molecular formula is C30H21ClN2O. The van der Waals surface area contributed by atoms with Gasteiger partial charge in [0, 0.05) is 27.9 Å². The SMILES string of the molecule is NC(=O)c1cccc2c1c1ccc(-c3ccc(Cl)cc3)cc1n2Cc1cccc2ccccc12. The number of fused-ring (bicyclic) bond motifs is 4. The second-order valence-corrected chi connectivity index (χ2v) is 8.96. The lowest BCUT2D eigenvalue weighted by molar-refractivity contribution is 0.100. The molecule has 0 unspecified atom stereocenters. The van der Waals surface area contributed by atoms with E-state index in [1.165, 1.54) is 16.3 Å². The molecule has 6 aromatic rings. The van der Waals surface area contributed by atoms with Gasteiger partial charge in [-0.15, -0.1) is 0 Å². The summed E-state index contributed by atoms with van der Waals surface area (Å²) in [7, 11) is 0. The molecular weight excluding hydrogens is 440 g/mol. The van der Waals surface area contributed by atoms with Gasteiger partial charge in [-0.05, 0) is 57.8 Å². The van der Waals surface area contributed by atoms with Crippen LogP contribution >= 0.6 is 11.6 Å². The molecule has 0 aliphatic carbocycles. The molecule has 0 aliphatic rings. The van der Waals surface area contributed by atoms with Gasteiger partial charge in [-0.2, -0.15) is 0 Å². The first-order valence-electron chi connectivity index (χ1n) is 11.2. The first kappa shape index (κ1) is 20.5. The van der Waals surface area contributed by atoms with Crippen molar-refractivity contribution in [3.63, 3.8) is 0 Å². The molecule has 34 heavy (non-hydrogen) atoms. The van der Waals surface area contributed by atoms with Gasteiger partial charge < -0.3 is 10.3 Å². The van der Waals surface area contributed by atoms with Gasteiger partial charge >= 0.3 is 0 Å². The molecule has 0 aliphatic heterocycles. The van der Waals surface area contributed by atoms with E-state index in [-0.39, 0.29) is 0 Å². The Labute approximate surface area is 202 Å². The van der Waals surface area contributed by atoms with Crippen molar-refractivity contribution in [2.45, 2.75) is 6.54 Å². The minimum Gasteiger partial charge on any atom is -0.366 e. The van der Waals surface area contributed by atoms with Gasteiger partial charge in [0.2, 0.25) is 5.91 Å². The first-order chi connectivity index (χ1) is 16.6. The Kier molecular flexibility index (Phi) is 4.86. The van der Waals surface area contributed by atoms with Gasteiger partial charge in [0.05, 0.1) is 11.0 Å². The van der Waals surface area contributed by atoms with Crippen LogP contribution in [0.4, 0.5) is 0 Å². The van der Waals surface area contributed by atoms with Gasteiger partial charge in [0.25, 0.3) is 0 Å². The van der Waals surface area contributed by atoms with Crippen LogP contribution in [-0.2, 0) is 6.54 Å². The van der Waals surface area contributed by atoms with Gasteiger partial charge in [-0.3, -0.25) is 4.79 Å². The Morgan fingerprint density at radius 1 is 0.735 bits per heavy atom. The third-order valence-electron chi connectivity index (χ3n) is 6.54. The Hall–Kier alpha value is -4.08. The number of nitrogens with zero attached hydrogens (tertiary/aromatic N) is 1. The monoisotopic (exact) mass is 460 g/mol. The van der Waals surface area contributed by atoms with E-state index in [1.807, 2.05) is 30.3 Å². The fraction of sp³-hybridized carbons (Fsp3) is 0.0333. The molecule has 0 radical (unpaired) electrons. The number of hydrogen-bond acceptors (Lipinski definition) is 1. The molecule has 2 N–H and O–H groups in total. The van der Waals surface area contributed by atoms with Gasteiger partial charge in [-0.1, -0.05) is 84.4 Å². The quantitative estimate of drug-likeness (QED) is 0.292. The lowest BCUT2D eigenvalue weighted by atomic mass is 10.0. The summed E-state index contributed by atoms with van der Waals surface area (Å²) in [6, 6.07) is 34.8. The van der Waals surface area contributed by atoms with Crippen LogP contribution in [0.2, 0.25) is 5.02 Å². The largest absolute Gasteiger partial charge is 0.366 e. The van der Waals surface area contributed by atoms with Crippen molar-refractivity contribution in [3.05, 3.63) is 119 Å². The number of rotatable bonds is 4. The van der Waals surface area contributed by atoms with Crippen molar-refractivity contribution in [2.24, 2.45) is 5.73 Å². The summed E-state index contributed by atoms with van der Waals surface area (Å²) in [6.07, 6.45) is 0. The number of halogens is 1. The van der Waals surface area contributed by atoms with E-state index in [1.54, 1.807) is 6.07 Å². The molecule has 1 heterocycles. The zero-order valence-electron chi connectivity index (χ0n) is 18.3. The highest BCUT2D eigenvalue weighted by Gasteiger charge is 2.18. The van der Waals surface area contributed by atoms with E-state index in [4.69, 9.17) is 17.3 Å². The van der Waals surface area contributed by atoms with Crippen molar-refractivity contribution >= 4 is 50.1 Å². The fourth-order valence-corrected chi connectivity index (χ4v) is 5.07. The van der Waals surface area contributed by atoms with Crippen LogP contribution in [0.5, 0.6) is 0 Å². The maximum absolute atomic E-state index is 12.3. The van der Waals surface area contributed by atoms with Crippen molar-refractivity contribution in [1.29, 1.82) is 0 Å². The molecule has 4 heteroatoms. The molecule has 0 spiro atoms. The molecule has 1 aromatic heterocycles. The van der Waals surface area contributed by atoms with Crippen molar-refractivity contribution in [2.75, 3.05) is 0 Å². The van der Waals surface area contributed by atoms with Crippen LogP contribution in [0, 0.1) is 0 Å². The summed E-state index contributed by atoms with van der Waals surface area (Å²) in [5, 5.41) is 5.05. The second-order valence-electron chi connectivity index (χ2n) is 8.53. The number of carbonyl (C=O) groups is 1. The molecule has 6 rings (SSSR count). The number of nitrogens with two attached hydrogens (primary N) is 1. The molecule has 0 bridgehead atoms. The zero-order chi connectivity index (χ0) is 23.2. The summed E-state index contributed by atoms with van der Waals surface area (Å²) in [6.45, 7) is 0.674. The third-order valence-corrected chi connectivity index (χ3v) is 6.79. The average Bonchev–Trinajstić information content (AvgIpc) is 3.17. The normalized spacial score (nSPS) is 11.4. The molecule has 164 valence electrons. The number of hydrogen-bond donors (Lipinski definition) is 1. The molecule has 0 atom stereocenters. The predicted molar refractivity (Wildman–Crippen MR) is 141 cm³/mol. The Bertz CT molecular complexity index is 1710. The van der Waals surface area contributed by atoms with Crippen LogP contribution in [-0.4, -0.2) is 10.5 Å². The van der Waals surface area contributed by atoms with Gasteiger partial charge in [-0.25, -0.2) is 0 Å². The predicted octanol–water partition coefficient (Wildman–Crippen LogP) is 7.42. The third kappa shape index (κ3) is 3.33. The summed E-state index contributed by atoms with van der Waals surface area (Å²) >= 11 is 6.11. The van der Waals surface area contributed by atoms with Gasteiger partial charge in [0.15, 0.2) is 0 Å². The van der Waals surface area contributed by atoms with Crippen LogP contribution < -0.4 is 5.73 Å². The number of carbonyl (C=O) groups excluding carboxylic acids is 1. The smallest absolute Gasteiger partial charge is 0.249 e. The highest BCUT2D eigenvalue weighted by molar-refractivity contribution is 6.30. The highest BCUT2D eigenvalue weighted by atomic mass is 35.5. The van der Waals surface area contributed by atoms with E-state index in [0.29, 0.717) is 17.1 Å². The van der Waals surface area contributed by atoms with E-state index in [0.717, 1.165) is 32.9 Å². The minimum absolute atomic E-state index is 0.420. The molecule has 3 nitrogen and oxygen atoms in total. The summed E-state index contributed by atoms with van der Waals surface area (Å²) in [5.41, 5.74) is 11.8. The molecule has 1 amide bonds. The lowest BCUT2D eigenvalue weighted by Gasteiger charge is -2.12. The van der Waals surface area contributed by atoms with Crippen LogP contribution in [0.1, 0.15) is 15.9 Å². The Morgan fingerprint density at radius 3 is 2.29 bits per heavy atom. The van der Waals surface area contributed by atoms with E-state index in [2.05, 4.69) is 71.3 Å². The van der Waals surface area contributed by atoms with E-state index >= 15 is 0 Å². The van der Waals surface area contributed by atoms with Crippen LogP contribution in [0.15, 0.2) is 103 Å². The van der Waals surface area contributed by atoms with Crippen molar-refractivity contribution in [3.8, 4) is 11.1 Å². The number of benzene rings is 5. The van der Waals surface area contributed by atoms with E-state index < -0.39 is 5.91 Å². The minimum atomic E-state index is -0.420. The zero-order valence-corrected chi connectivity index (χ0v) is 19.1. The topological polar surface area (TPSA) is 48.0 Å². The standard InChI is InChI=1S/C30H21ClN2O/c31-23-14-11-19(12-15-23)21-13-16-25-28(17-21)33(27-10-4-9-26(29(25)27)30(32)34)18-22-7-3-6-20-5-1-2-8-24(20)22/h1-17H,18H2,(H2,32,34). The van der Waals surface area contributed by atoms with Crippen LogP contribution in [0.25, 0.3) is 43.7 Å². The number of primary amides is 1. The average molecular weight is 461 g/mol. The first-order valence-corrected chi connectivity index (χ1v) is 11.6. The Morgan fingerprint density at radius 2 is 1.47 bits per heavy atom. The summed E-state index contributed by atoms with van der Waals surface area (Å²) in [4.78, 5) is 12.3. The molecule has 0 saturated carbocycles. The molecule has 5 aromatic carbocycles. The highest BCUT2D eigenvalue weighted by Crippen LogP contribution is 2.36. The summed E-state index contributed by atoms with van der Waals surface area (Å²) in [5.74, 6) is -0.420. The van der Waals surface area contributed by atoms with E-state index in [9.17, 15) is 4.79 Å². The van der Waals surface area contributed by atoms with Gasteiger partial charge in [0.1, 0.15) is 0 Å². The Balaban J connectivity index is 1.64. The molecule has 0 saturated heterocycles. The molecule has 0 fully saturated rings. The fourth-order valence-electron chi connectivity index (χ4n) is 4.94. The maximum atomic E-state index is 12.3. The van der Waals surface area contributed by atoms with Crippen LogP contribution in [0.3, 0.4) is 0 Å². The maximum Gasteiger partial charge on any atom is 0.249 e. The number of aromatic nitrogens is 1. The number of amides is 1. The summed E-state index contributed by atoms with van der Waals surface area (Å²) < 4.78 is 2.29.